The number of likely N-dealkylation sites (tertiary alicyclic amines) is 1. The molecule has 2 rings (SSSR count). The number of carbonyl (C=O) groups excluding carboxylic acids is 2. The molecule has 0 N–H and O–H groups in total. The summed E-state index contributed by atoms with van der Waals surface area (Å²) in [6.07, 6.45) is 4.10. The molecule has 0 atom stereocenters. The highest BCUT2D eigenvalue weighted by Crippen LogP contribution is 2.17. The number of carbonyl (C=O) groups is 2. The maximum absolute atomic E-state index is 12.2. The molecule has 1 aliphatic heterocycles. The normalized spacial score (nSPS) is 15.6. The van der Waals surface area contributed by atoms with E-state index in [0.717, 1.165) is 25.7 Å². The highest BCUT2D eigenvalue weighted by Gasteiger charge is 2.23. The lowest BCUT2D eigenvalue weighted by atomic mass is 10.2. The van der Waals surface area contributed by atoms with Gasteiger partial charge in [0.25, 0.3) is 15.9 Å². The molecule has 1 aromatic carbocycles. The van der Waals surface area contributed by atoms with Crippen LogP contribution in [0.3, 0.4) is 0 Å². The SMILES string of the molecule is CON(C)S(=O)(=O)c1cccc(C(=O)OCC(=O)N2CCCCCC2)c1. The van der Waals surface area contributed by atoms with Crippen LogP contribution in [-0.4, -0.2) is 63.5 Å². The van der Waals surface area contributed by atoms with E-state index in [1.807, 2.05) is 0 Å². The Morgan fingerprint density at radius 1 is 1.15 bits per heavy atom. The Morgan fingerprint density at radius 3 is 2.42 bits per heavy atom. The summed E-state index contributed by atoms with van der Waals surface area (Å²) in [4.78, 5) is 30.7. The minimum Gasteiger partial charge on any atom is -0.452 e. The van der Waals surface area contributed by atoms with Crippen LogP contribution in [0.5, 0.6) is 0 Å². The van der Waals surface area contributed by atoms with Gasteiger partial charge in [-0.15, -0.1) is 0 Å². The third-order valence-corrected chi connectivity index (χ3v) is 5.92. The fourth-order valence-electron chi connectivity index (χ4n) is 2.65. The van der Waals surface area contributed by atoms with Crippen LogP contribution in [0.25, 0.3) is 0 Å². The number of hydroxylamine groups is 1. The minimum absolute atomic E-state index is 0.0549. The van der Waals surface area contributed by atoms with Crippen LogP contribution >= 0.6 is 0 Å². The molecule has 0 unspecified atom stereocenters. The van der Waals surface area contributed by atoms with Gasteiger partial charge in [0, 0.05) is 20.1 Å². The van der Waals surface area contributed by atoms with Gasteiger partial charge in [-0.05, 0) is 31.0 Å². The molecule has 0 bridgehead atoms. The fourth-order valence-corrected chi connectivity index (χ4v) is 3.67. The number of benzene rings is 1. The summed E-state index contributed by atoms with van der Waals surface area (Å²) < 4.78 is 30.2. The van der Waals surface area contributed by atoms with E-state index in [4.69, 9.17) is 9.57 Å². The van der Waals surface area contributed by atoms with Crippen LogP contribution in [0.4, 0.5) is 0 Å². The van der Waals surface area contributed by atoms with Crippen molar-refractivity contribution < 1.29 is 27.6 Å². The summed E-state index contributed by atoms with van der Waals surface area (Å²) in [5.41, 5.74) is 0.0549. The second-order valence-corrected chi connectivity index (χ2v) is 7.93. The van der Waals surface area contributed by atoms with E-state index in [0.29, 0.717) is 17.6 Å². The van der Waals surface area contributed by atoms with E-state index in [2.05, 4.69) is 0 Å². The predicted octanol–water partition coefficient (Wildman–Crippen LogP) is 1.43. The molecule has 0 saturated carbocycles. The maximum Gasteiger partial charge on any atom is 0.338 e. The highest BCUT2D eigenvalue weighted by molar-refractivity contribution is 7.89. The van der Waals surface area contributed by atoms with Crippen LogP contribution < -0.4 is 0 Å². The van der Waals surface area contributed by atoms with Gasteiger partial charge >= 0.3 is 5.97 Å². The van der Waals surface area contributed by atoms with Crippen LogP contribution in [0.15, 0.2) is 29.2 Å². The Bertz CT molecular complexity index is 741. The lowest BCUT2D eigenvalue weighted by molar-refractivity contribution is -0.134. The average Bonchev–Trinajstić information content (AvgIpc) is 2.94. The van der Waals surface area contributed by atoms with Gasteiger partial charge in [0.15, 0.2) is 6.61 Å². The van der Waals surface area contributed by atoms with Crippen LogP contribution in [0.1, 0.15) is 36.0 Å². The smallest absolute Gasteiger partial charge is 0.338 e. The first-order chi connectivity index (χ1) is 12.4. The van der Waals surface area contributed by atoms with Gasteiger partial charge < -0.3 is 9.64 Å². The molecule has 0 aromatic heterocycles. The minimum atomic E-state index is -3.87. The molecule has 26 heavy (non-hydrogen) atoms. The van der Waals surface area contributed by atoms with Crippen molar-refractivity contribution in [1.29, 1.82) is 0 Å². The molecular weight excluding hydrogens is 360 g/mol. The van der Waals surface area contributed by atoms with Crippen molar-refractivity contribution in [3.8, 4) is 0 Å². The lowest BCUT2D eigenvalue weighted by Crippen LogP contribution is -2.35. The number of hydrogen-bond donors (Lipinski definition) is 0. The summed E-state index contributed by atoms with van der Waals surface area (Å²) >= 11 is 0. The van der Waals surface area contributed by atoms with E-state index in [-0.39, 0.29) is 23.0 Å². The standard InChI is InChI=1S/C17H24N2O6S/c1-18(24-2)26(22,23)15-9-7-8-14(12-15)17(21)25-13-16(20)19-10-5-3-4-6-11-19/h7-9,12H,3-6,10-11,13H2,1-2H3. The average molecular weight is 384 g/mol. The van der Waals surface area contributed by atoms with Gasteiger partial charge in [-0.1, -0.05) is 23.4 Å². The third-order valence-electron chi connectivity index (χ3n) is 4.25. The Hall–Kier alpha value is -1.97. The van der Waals surface area contributed by atoms with Crippen molar-refractivity contribution in [2.24, 2.45) is 0 Å². The molecule has 8 nitrogen and oxygen atoms in total. The molecular formula is C17H24N2O6S. The quantitative estimate of drug-likeness (QED) is 0.544. The largest absolute Gasteiger partial charge is 0.452 e. The Kier molecular flexibility index (Phi) is 7.13. The maximum atomic E-state index is 12.2. The van der Waals surface area contributed by atoms with Crippen molar-refractivity contribution >= 4 is 21.9 Å². The number of hydrogen-bond acceptors (Lipinski definition) is 6. The van der Waals surface area contributed by atoms with E-state index in [9.17, 15) is 18.0 Å². The molecule has 0 radical (unpaired) electrons. The van der Waals surface area contributed by atoms with E-state index in [1.54, 1.807) is 4.90 Å². The molecule has 1 aromatic rings. The number of nitrogens with zero attached hydrogens (tertiary/aromatic N) is 2. The summed E-state index contributed by atoms with van der Waals surface area (Å²) in [5.74, 6) is -0.978. The number of sulfonamides is 1. The molecule has 1 heterocycles. The molecule has 0 spiro atoms. The number of esters is 1. The van der Waals surface area contributed by atoms with Gasteiger partial charge in [0.2, 0.25) is 0 Å². The number of rotatable bonds is 6. The van der Waals surface area contributed by atoms with Crippen molar-refractivity contribution in [2.45, 2.75) is 30.6 Å². The fraction of sp³-hybridized carbons (Fsp3) is 0.529. The second kappa shape index (κ2) is 9.11. The number of amides is 1. The van der Waals surface area contributed by atoms with Crippen LogP contribution in [-0.2, 0) is 24.4 Å². The summed E-state index contributed by atoms with van der Waals surface area (Å²) in [6, 6.07) is 5.42. The molecule has 1 aliphatic rings. The first-order valence-electron chi connectivity index (χ1n) is 8.44. The topological polar surface area (TPSA) is 93.2 Å². The van der Waals surface area contributed by atoms with E-state index in [1.165, 1.54) is 38.4 Å². The van der Waals surface area contributed by atoms with Gasteiger partial charge in [-0.25, -0.2) is 13.2 Å². The molecule has 0 aliphatic carbocycles. The summed E-state index contributed by atoms with van der Waals surface area (Å²) in [6.45, 7) is 0.995. The first-order valence-corrected chi connectivity index (χ1v) is 9.88. The monoisotopic (exact) mass is 384 g/mol. The van der Waals surface area contributed by atoms with Crippen molar-refractivity contribution in [1.82, 2.24) is 9.37 Å². The first kappa shape index (κ1) is 20.3. The second-order valence-electron chi connectivity index (χ2n) is 6.00. The van der Waals surface area contributed by atoms with Crippen molar-refractivity contribution in [2.75, 3.05) is 33.9 Å². The van der Waals surface area contributed by atoms with Crippen LogP contribution in [0, 0.1) is 0 Å². The zero-order chi connectivity index (χ0) is 19.2. The van der Waals surface area contributed by atoms with Crippen molar-refractivity contribution in [3.63, 3.8) is 0 Å². The lowest BCUT2D eigenvalue weighted by Gasteiger charge is -2.20. The molecule has 1 fully saturated rings. The Labute approximate surface area is 153 Å². The summed E-state index contributed by atoms with van der Waals surface area (Å²) in [5, 5.41) is 0. The zero-order valence-electron chi connectivity index (χ0n) is 15.0. The van der Waals surface area contributed by atoms with Crippen LogP contribution in [0.2, 0.25) is 0 Å². The van der Waals surface area contributed by atoms with Crippen molar-refractivity contribution in [3.05, 3.63) is 29.8 Å². The molecule has 1 amide bonds. The number of ether oxygens (including phenoxy) is 1. The molecule has 144 valence electrons. The zero-order valence-corrected chi connectivity index (χ0v) is 15.8. The van der Waals surface area contributed by atoms with E-state index >= 15 is 0 Å². The predicted molar refractivity (Wildman–Crippen MR) is 93.7 cm³/mol. The summed E-state index contributed by atoms with van der Waals surface area (Å²) in [7, 11) is -1.39. The Morgan fingerprint density at radius 2 is 1.81 bits per heavy atom. The van der Waals surface area contributed by atoms with Gasteiger partial charge in [-0.3, -0.25) is 9.63 Å². The Balaban J connectivity index is 2.01. The molecule has 1 saturated heterocycles. The highest BCUT2D eigenvalue weighted by atomic mass is 32.2. The van der Waals surface area contributed by atoms with Gasteiger partial charge in [0.1, 0.15) is 0 Å². The third kappa shape index (κ3) is 5.03. The molecule has 9 heteroatoms. The van der Waals surface area contributed by atoms with Gasteiger partial charge in [-0.2, -0.15) is 0 Å². The van der Waals surface area contributed by atoms with Gasteiger partial charge in [0.05, 0.1) is 17.6 Å². The van der Waals surface area contributed by atoms with E-state index < -0.39 is 16.0 Å².